The van der Waals surface area contributed by atoms with E-state index in [-0.39, 0.29) is 16.6 Å². The molecule has 5 aromatic rings. The summed E-state index contributed by atoms with van der Waals surface area (Å²) in [7, 11) is 0. The van der Waals surface area contributed by atoms with Gasteiger partial charge in [0.15, 0.2) is 0 Å². The summed E-state index contributed by atoms with van der Waals surface area (Å²) in [6.07, 6.45) is 1.83. The molecule has 0 saturated carbocycles. The van der Waals surface area contributed by atoms with Gasteiger partial charge in [-0.1, -0.05) is 77.1 Å². The molecule has 39 heavy (non-hydrogen) atoms. The molecule has 4 heteroatoms. The molecule has 0 radical (unpaired) electrons. The Morgan fingerprint density at radius 1 is 0.744 bits per heavy atom. The van der Waals surface area contributed by atoms with Gasteiger partial charge in [-0.05, 0) is 76.7 Å². The van der Waals surface area contributed by atoms with Crippen molar-refractivity contribution in [2.45, 2.75) is 45.4 Å². The minimum absolute atomic E-state index is 0.0825. The molecule has 0 spiro atoms. The van der Waals surface area contributed by atoms with Crippen LogP contribution in [-0.4, -0.2) is 15.1 Å². The lowest BCUT2D eigenvalue weighted by Gasteiger charge is -2.28. The SMILES string of the molecule is CC(C)(C)c1cc(-c2ccc3c(n2)-c2c(O)cccc2C3(C)C)cc(N(c2ccccc2)c2ccccn2)c1. The third-order valence-electron chi connectivity index (χ3n) is 7.75. The van der Waals surface area contributed by atoms with Crippen molar-refractivity contribution < 1.29 is 5.11 Å². The van der Waals surface area contributed by atoms with Gasteiger partial charge in [0.25, 0.3) is 0 Å². The molecule has 1 aliphatic carbocycles. The maximum atomic E-state index is 10.8. The Hall–Kier alpha value is -4.44. The number of phenols is 1. The number of hydrogen-bond acceptors (Lipinski definition) is 4. The molecular weight excluding hydrogens is 478 g/mol. The van der Waals surface area contributed by atoms with Crippen LogP contribution in [0.1, 0.15) is 51.3 Å². The highest BCUT2D eigenvalue weighted by Crippen LogP contribution is 2.51. The van der Waals surface area contributed by atoms with Crippen LogP contribution in [0.4, 0.5) is 17.2 Å². The van der Waals surface area contributed by atoms with Crippen LogP contribution in [0, 0.1) is 0 Å². The monoisotopic (exact) mass is 511 g/mol. The van der Waals surface area contributed by atoms with E-state index in [4.69, 9.17) is 9.97 Å². The van der Waals surface area contributed by atoms with Gasteiger partial charge in [0.05, 0.1) is 11.4 Å². The first-order valence-corrected chi connectivity index (χ1v) is 13.4. The molecule has 2 heterocycles. The number of fused-ring (bicyclic) bond motifs is 3. The smallest absolute Gasteiger partial charge is 0.137 e. The van der Waals surface area contributed by atoms with Gasteiger partial charge in [-0.3, -0.25) is 4.90 Å². The number of para-hydroxylation sites is 1. The van der Waals surface area contributed by atoms with E-state index >= 15 is 0 Å². The van der Waals surface area contributed by atoms with Crippen LogP contribution < -0.4 is 4.90 Å². The summed E-state index contributed by atoms with van der Waals surface area (Å²) in [5.74, 6) is 1.13. The van der Waals surface area contributed by atoms with E-state index in [1.165, 1.54) is 5.56 Å². The summed E-state index contributed by atoms with van der Waals surface area (Å²) in [5.41, 5.74) is 8.80. The first-order chi connectivity index (χ1) is 18.6. The summed E-state index contributed by atoms with van der Waals surface area (Å²) in [5, 5.41) is 10.8. The quantitative estimate of drug-likeness (QED) is 0.262. The summed E-state index contributed by atoms with van der Waals surface area (Å²) >= 11 is 0. The Kier molecular flexibility index (Phi) is 5.80. The van der Waals surface area contributed by atoms with Crippen molar-refractivity contribution >= 4 is 17.2 Å². The van der Waals surface area contributed by atoms with Crippen molar-refractivity contribution in [1.29, 1.82) is 0 Å². The van der Waals surface area contributed by atoms with Crippen LogP contribution in [0.15, 0.2) is 103 Å². The third-order valence-corrected chi connectivity index (χ3v) is 7.75. The van der Waals surface area contributed by atoms with Gasteiger partial charge in [-0.15, -0.1) is 0 Å². The zero-order valence-electron chi connectivity index (χ0n) is 23.1. The minimum Gasteiger partial charge on any atom is -0.507 e. The zero-order valence-corrected chi connectivity index (χ0v) is 23.1. The Balaban J connectivity index is 1.57. The van der Waals surface area contributed by atoms with E-state index < -0.39 is 0 Å². The molecule has 0 atom stereocenters. The predicted molar refractivity (Wildman–Crippen MR) is 160 cm³/mol. The Morgan fingerprint density at radius 2 is 1.51 bits per heavy atom. The van der Waals surface area contributed by atoms with Gasteiger partial charge >= 0.3 is 0 Å². The van der Waals surface area contributed by atoms with Crippen molar-refractivity contribution in [1.82, 2.24) is 9.97 Å². The highest BCUT2D eigenvalue weighted by Gasteiger charge is 2.38. The minimum atomic E-state index is -0.226. The first-order valence-electron chi connectivity index (χ1n) is 13.4. The number of pyridine rings is 2. The van der Waals surface area contributed by atoms with Gasteiger partial charge in [-0.25, -0.2) is 9.97 Å². The summed E-state index contributed by atoms with van der Waals surface area (Å²) in [4.78, 5) is 12.1. The number of phenolic OH excluding ortho intramolecular Hbond substituents is 1. The Morgan fingerprint density at radius 3 is 2.23 bits per heavy atom. The number of rotatable bonds is 4. The molecule has 0 unspecified atom stereocenters. The Labute approximate surface area is 230 Å². The molecule has 0 bridgehead atoms. The number of aromatic hydroxyl groups is 1. The molecule has 6 rings (SSSR count). The molecule has 2 aromatic heterocycles. The molecule has 0 aliphatic heterocycles. The topological polar surface area (TPSA) is 49.3 Å². The predicted octanol–water partition coefficient (Wildman–Crippen LogP) is 8.92. The molecule has 1 aliphatic rings. The van der Waals surface area contributed by atoms with Gasteiger partial charge < -0.3 is 5.11 Å². The second-order valence-corrected chi connectivity index (χ2v) is 11.8. The molecule has 4 nitrogen and oxygen atoms in total. The van der Waals surface area contributed by atoms with Gasteiger partial charge in [0.2, 0.25) is 0 Å². The second-order valence-electron chi connectivity index (χ2n) is 11.8. The molecule has 0 amide bonds. The van der Waals surface area contributed by atoms with E-state index in [0.717, 1.165) is 50.8 Å². The summed E-state index contributed by atoms with van der Waals surface area (Å²) in [6, 6.07) is 33.1. The van der Waals surface area contributed by atoms with Gasteiger partial charge in [0.1, 0.15) is 11.6 Å². The molecule has 194 valence electrons. The fourth-order valence-electron chi connectivity index (χ4n) is 5.57. The van der Waals surface area contributed by atoms with E-state index in [1.54, 1.807) is 6.07 Å². The van der Waals surface area contributed by atoms with E-state index in [2.05, 4.69) is 88.0 Å². The average Bonchev–Trinajstić information content (AvgIpc) is 3.16. The van der Waals surface area contributed by atoms with E-state index in [9.17, 15) is 5.11 Å². The maximum Gasteiger partial charge on any atom is 0.137 e. The lowest BCUT2D eigenvalue weighted by molar-refractivity contribution is 0.476. The zero-order chi connectivity index (χ0) is 27.4. The van der Waals surface area contributed by atoms with E-state index in [0.29, 0.717) is 0 Å². The number of benzene rings is 3. The van der Waals surface area contributed by atoms with Gasteiger partial charge in [-0.2, -0.15) is 0 Å². The lowest BCUT2D eigenvalue weighted by atomic mass is 9.82. The van der Waals surface area contributed by atoms with Crippen LogP contribution in [-0.2, 0) is 10.8 Å². The standard InChI is InChI=1S/C35H33N3O/c1-34(2,3)24-20-23(21-26(22-24)38(25-12-7-6-8-13-25)31-16-9-10-19-36-31)29-18-17-28-33(37-29)32-27(35(28,4)5)14-11-15-30(32)39/h6-22,39H,1-5H3. The summed E-state index contributed by atoms with van der Waals surface area (Å²) < 4.78 is 0. The Bertz CT molecular complexity index is 1630. The van der Waals surface area contributed by atoms with Crippen molar-refractivity contribution in [3.63, 3.8) is 0 Å². The van der Waals surface area contributed by atoms with Crippen LogP contribution >= 0.6 is 0 Å². The van der Waals surface area contributed by atoms with E-state index in [1.807, 2.05) is 48.7 Å². The fourth-order valence-corrected chi connectivity index (χ4v) is 5.57. The number of hydrogen-bond donors (Lipinski definition) is 1. The second kappa shape index (κ2) is 9.09. The van der Waals surface area contributed by atoms with Crippen LogP contribution in [0.3, 0.4) is 0 Å². The van der Waals surface area contributed by atoms with Crippen LogP contribution in [0.2, 0.25) is 0 Å². The van der Waals surface area contributed by atoms with Crippen molar-refractivity contribution in [2.24, 2.45) is 0 Å². The molecule has 3 aromatic carbocycles. The highest BCUT2D eigenvalue weighted by molar-refractivity contribution is 5.85. The lowest BCUT2D eigenvalue weighted by Crippen LogP contribution is -2.16. The highest BCUT2D eigenvalue weighted by atomic mass is 16.3. The fraction of sp³-hybridized carbons (Fsp3) is 0.200. The normalized spacial score (nSPS) is 13.6. The average molecular weight is 512 g/mol. The number of nitrogens with zero attached hydrogens (tertiary/aromatic N) is 3. The van der Waals surface area contributed by atoms with Crippen LogP contribution in [0.25, 0.3) is 22.5 Å². The van der Waals surface area contributed by atoms with Crippen molar-refractivity contribution in [2.75, 3.05) is 4.90 Å². The summed E-state index contributed by atoms with van der Waals surface area (Å²) in [6.45, 7) is 11.1. The molecule has 0 fully saturated rings. The van der Waals surface area contributed by atoms with Crippen molar-refractivity contribution in [3.05, 3.63) is 120 Å². The first kappa shape index (κ1) is 24.9. The van der Waals surface area contributed by atoms with Crippen molar-refractivity contribution in [3.8, 4) is 28.3 Å². The van der Waals surface area contributed by atoms with Gasteiger partial charge in [0, 0.05) is 34.1 Å². The molecule has 1 N–H and O–H groups in total. The molecular formula is C35H33N3O. The van der Waals surface area contributed by atoms with Crippen LogP contribution in [0.5, 0.6) is 5.75 Å². The number of anilines is 3. The third kappa shape index (κ3) is 4.26. The molecule has 0 saturated heterocycles. The number of aromatic nitrogens is 2. The largest absolute Gasteiger partial charge is 0.507 e. The maximum absolute atomic E-state index is 10.8.